The van der Waals surface area contributed by atoms with Crippen LogP contribution in [-0.4, -0.2) is 6.03 Å². The van der Waals surface area contributed by atoms with E-state index in [4.69, 9.17) is 10.6 Å². The minimum atomic E-state index is -0.519. The van der Waals surface area contributed by atoms with E-state index in [9.17, 15) is 9.18 Å². The van der Waals surface area contributed by atoms with E-state index in [1.165, 1.54) is 6.07 Å². The summed E-state index contributed by atoms with van der Waals surface area (Å²) in [7, 11) is 0. The Kier molecular flexibility index (Phi) is 5.68. The van der Waals surface area contributed by atoms with Gasteiger partial charge in [-0.15, -0.1) is 0 Å². The number of halogens is 1. The first-order valence-corrected chi connectivity index (χ1v) is 8.42. The predicted molar refractivity (Wildman–Crippen MR) is 104 cm³/mol. The lowest BCUT2D eigenvalue weighted by Crippen LogP contribution is -2.34. The molecule has 0 radical (unpaired) electrons. The number of ether oxygens (including phenoxy) is 1. The minimum Gasteiger partial charge on any atom is -0.489 e. The number of anilines is 1. The molecule has 0 aliphatic rings. The molecule has 3 aromatic carbocycles. The van der Waals surface area contributed by atoms with E-state index in [0.29, 0.717) is 17.0 Å². The molecular formula is C21H20FN3O2. The summed E-state index contributed by atoms with van der Waals surface area (Å²) in [5.74, 6) is 5.35. The van der Waals surface area contributed by atoms with Gasteiger partial charge in [0, 0.05) is 16.8 Å². The van der Waals surface area contributed by atoms with Crippen LogP contribution in [0.5, 0.6) is 5.75 Å². The Morgan fingerprint density at radius 3 is 2.59 bits per heavy atom. The Balaban J connectivity index is 1.83. The van der Waals surface area contributed by atoms with Gasteiger partial charge in [-0.3, -0.25) is 5.43 Å². The third-order valence-electron chi connectivity index (χ3n) is 4.20. The topological polar surface area (TPSA) is 76.4 Å². The number of benzene rings is 3. The number of carbonyl (C=O) groups is 1. The van der Waals surface area contributed by atoms with Crippen LogP contribution >= 0.6 is 0 Å². The maximum atomic E-state index is 14.2. The number of urea groups is 1. The molecule has 0 saturated carbocycles. The smallest absolute Gasteiger partial charge is 0.333 e. The Bertz CT molecular complexity index is 945. The van der Waals surface area contributed by atoms with Crippen LogP contribution in [0.2, 0.25) is 0 Å². The molecule has 0 atom stereocenters. The average molecular weight is 365 g/mol. The molecule has 0 aromatic heterocycles. The highest BCUT2D eigenvalue weighted by Crippen LogP contribution is 2.28. The fourth-order valence-electron chi connectivity index (χ4n) is 2.76. The summed E-state index contributed by atoms with van der Waals surface area (Å²) in [5.41, 5.74) is 5.65. The maximum absolute atomic E-state index is 14.2. The molecule has 27 heavy (non-hydrogen) atoms. The molecule has 3 aromatic rings. The number of nitrogens with two attached hydrogens (primary N) is 1. The van der Waals surface area contributed by atoms with Gasteiger partial charge in [-0.25, -0.2) is 15.0 Å². The van der Waals surface area contributed by atoms with Crippen LogP contribution in [0.1, 0.15) is 11.1 Å². The Labute approximate surface area is 156 Å². The van der Waals surface area contributed by atoms with E-state index in [1.54, 1.807) is 18.2 Å². The van der Waals surface area contributed by atoms with Gasteiger partial charge in [0.05, 0.1) is 0 Å². The van der Waals surface area contributed by atoms with Crippen molar-refractivity contribution in [3.05, 3.63) is 83.7 Å². The highest BCUT2D eigenvalue weighted by molar-refractivity contribution is 5.89. The van der Waals surface area contributed by atoms with Gasteiger partial charge in [-0.1, -0.05) is 42.5 Å². The number of aryl methyl sites for hydroxylation is 1. The Morgan fingerprint density at radius 1 is 1.07 bits per heavy atom. The fraction of sp³-hybridized carbons (Fsp3) is 0.0952. The number of hydrogen-bond acceptors (Lipinski definition) is 3. The second kappa shape index (κ2) is 8.33. The lowest BCUT2D eigenvalue weighted by Gasteiger charge is -2.15. The summed E-state index contributed by atoms with van der Waals surface area (Å²) < 4.78 is 20.1. The number of carbonyl (C=O) groups excluding carboxylic acids is 1. The Hall–Kier alpha value is -3.38. The zero-order valence-electron chi connectivity index (χ0n) is 14.8. The van der Waals surface area contributed by atoms with Gasteiger partial charge in [0.15, 0.2) is 0 Å². The molecule has 3 rings (SSSR count). The average Bonchev–Trinajstić information content (AvgIpc) is 2.69. The predicted octanol–water partition coefficient (Wildman–Crippen LogP) is 4.38. The molecule has 0 unspecified atom stereocenters. The molecule has 6 heteroatoms. The highest BCUT2D eigenvalue weighted by atomic mass is 19.1. The molecule has 0 aliphatic carbocycles. The molecule has 0 bridgehead atoms. The number of amides is 2. The van der Waals surface area contributed by atoms with Crippen LogP contribution in [-0.2, 0) is 6.61 Å². The molecule has 0 fully saturated rings. The molecular weight excluding hydrogens is 345 g/mol. The lowest BCUT2D eigenvalue weighted by molar-refractivity contribution is 0.252. The number of hydrazine groups is 1. The van der Waals surface area contributed by atoms with Gasteiger partial charge >= 0.3 is 6.03 Å². The van der Waals surface area contributed by atoms with Crippen molar-refractivity contribution in [2.75, 3.05) is 5.32 Å². The van der Waals surface area contributed by atoms with Crippen LogP contribution in [0.3, 0.4) is 0 Å². The lowest BCUT2D eigenvalue weighted by atomic mass is 10.0. The number of rotatable bonds is 5. The van der Waals surface area contributed by atoms with E-state index in [0.717, 1.165) is 16.7 Å². The summed E-state index contributed by atoms with van der Waals surface area (Å²) in [6, 6.07) is 18.9. The second-order valence-electron chi connectivity index (χ2n) is 6.00. The second-order valence-corrected chi connectivity index (χ2v) is 6.00. The first-order chi connectivity index (χ1) is 13.1. The maximum Gasteiger partial charge on any atom is 0.333 e. The van der Waals surface area contributed by atoms with Gasteiger partial charge in [0.1, 0.15) is 18.2 Å². The van der Waals surface area contributed by atoms with E-state index in [1.807, 2.05) is 54.8 Å². The van der Waals surface area contributed by atoms with E-state index in [-0.39, 0.29) is 12.4 Å². The molecule has 5 nitrogen and oxygen atoms in total. The molecule has 0 aliphatic heterocycles. The normalized spacial score (nSPS) is 10.3. The van der Waals surface area contributed by atoms with Gasteiger partial charge in [-0.2, -0.15) is 0 Å². The third kappa shape index (κ3) is 4.43. The molecule has 138 valence electrons. The van der Waals surface area contributed by atoms with Crippen molar-refractivity contribution in [2.24, 2.45) is 5.84 Å². The molecule has 2 amide bonds. The van der Waals surface area contributed by atoms with Crippen LogP contribution in [0, 0.1) is 12.7 Å². The van der Waals surface area contributed by atoms with Gasteiger partial charge in [-0.05, 0) is 42.3 Å². The van der Waals surface area contributed by atoms with Crippen molar-refractivity contribution in [3.63, 3.8) is 0 Å². The van der Waals surface area contributed by atoms with Crippen molar-refractivity contribution in [2.45, 2.75) is 13.5 Å². The summed E-state index contributed by atoms with van der Waals surface area (Å²) in [6.07, 6.45) is 0. The molecule has 0 heterocycles. The zero-order valence-corrected chi connectivity index (χ0v) is 14.8. The van der Waals surface area contributed by atoms with E-state index >= 15 is 0 Å². The van der Waals surface area contributed by atoms with Crippen molar-refractivity contribution >= 4 is 11.7 Å². The van der Waals surface area contributed by atoms with Crippen molar-refractivity contribution in [1.82, 2.24) is 5.43 Å². The Morgan fingerprint density at radius 2 is 1.85 bits per heavy atom. The van der Waals surface area contributed by atoms with Crippen LogP contribution in [0.15, 0.2) is 66.7 Å². The van der Waals surface area contributed by atoms with E-state index < -0.39 is 6.03 Å². The van der Waals surface area contributed by atoms with Crippen molar-refractivity contribution < 1.29 is 13.9 Å². The fourth-order valence-corrected chi connectivity index (χ4v) is 2.76. The van der Waals surface area contributed by atoms with Gasteiger partial charge in [0.25, 0.3) is 0 Å². The van der Waals surface area contributed by atoms with Gasteiger partial charge < -0.3 is 10.1 Å². The third-order valence-corrected chi connectivity index (χ3v) is 4.20. The number of nitrogens with one attached hydrogen (secondary N) is 2. The first kappa shape index (κ1) is 18.4. The van der Waals surface area contributed by atoms with Gasteiger partial charge in [0.2, 0.25) is 0 Å². The molecule has 0 spiro atoms. The molecule has 0 saturated heterocycles. The SMILES string of the molecule is Cc1cccc(NC(=O)NN)c1COc1ccc(F)c(-c2ccccc2)c1. The first-order valence-electron chi connectivity index (χ1n) is 8.42. The summed E-state index contributed by atoms with van der Waals surface area (Å²) in [6.45, 7) is 2.14. The minimum absolute atomic E-state index is 0.215. The molecule has 4 N–H and O–H groups in total. The van der Waals surface area contributed by atoms with Crippen LogP contribution < -0.4 is 21.3 Å². The largest absolute Gasteiger partial charge is 0.489 e. The standard InChI is InChI=1S/C21H20FN3O2/c1-14-6-5-9-20(24-21(26)25-23)18(14)13-27-16-10-11-19(22)17(12-16)15-7-3-2-4-8-15/h2-12H,13,23H2,1H3,(H2,24,25,26). The zero-order chi connectivity index (χ0) is 19.2. The summed E-state index contributed by atoms with van der Waals surface area (Å²) in [4.78, 5) is 11.5. The summed E-state index contributed by atoms with van der Waals surface area (Å²) >= 11 is 0. The van der Waals surface area contributed by atoms with Crippen LogP contribution in [0.25, 0.3) is 11.1 Å². The van der Waals surface area contributed by atoms with Crippen molar-refractivity contribution in [1.29, 1.82) is 0 Å². The van der Waals surface area contributed by atoms with Crippen LogP contribution in [0.4, 0.5) is 14.9 Å². The van der Waals surface area contributed by atoms with Crippen molar-refractivity contribution in [3.8, 4) is 16.9 Å². The number of hydrogen-bond donors (Lipinski definition) is 3. The van der Waals surface area contributed by atoms with E-state index in [2.05, 4.69) is 5.32 Å². The quantitative estimate of drug-likeness (QED) is 0.357. The summed E-state index contributed by atoms with van der Waals surface area (Å²) in [5, 5.41) is 2.67. The highest BCUT2D eigenvalue weighted by Gasteiger charge is 2.11. The monoisotopic (exact) mass is 365 g/mol.